The molecule has 0 atom stereocenters. The van der Waals surface area contributed by atoms with Gasteiger partial charge in [0.1, 0.15) is 0 Å². The lowest BCUT2D eigenvalue weighted by atomic mass is 9.65. The SMILES string of the molecule is CCCCCCC1CCC(C2CCC(C3CCC(S)CC3)CC2)CC1. The van der Waals surface area contributed by atoms with Crippen molar-refractivity contribution in [2.45, 2.75) is 121 Å². The molecule has 0 spiro atoms. The molecule has 0 bridgehead atoms. The molecule has 0 aromatic rings. The lowest BCUT2D eigenvalue weighted by Gasteiger charge is -2.41. The first-order valence-corrected chi connectivity index (χ1v) is 12.5. The van der Waals surface area contributed by atoms with Crippen LogP contribution in [0.2, 0.25) is 0 Å². The zero-order chi connectivity index (χ0) is 17.5. The van der Waals surface area contributed by atoms with Gasteiger partial charge >= 0.3 is 0 Å². The first kappa shape index (κ1) is 20.1. The summed E-state index contributed by atoms with van der Waals surface area (Å²) in [6.45, 7) is 2.32. The quantitative estimate of drug-likeness (QED) is 0.343. The molecule has 3 aliphatic carbocycles. The van der Waals surface area contributed by atoms with Crippen LogP contribution in [0, 0.1) is 29.6 Å². The molecule has 3 fully saturated rings. The normalized spacial score (nSPS) is 40.1. The monoisotopic (exact) mass is 364 g/mol. The highest BCUT2D eigenvalue weighted by Crippen LogP contribution is 2.46. The van der Waals surface area contributed by atoms with Crippen LogP contribution in [0.15, 0.2) is 0 Å². The number of unbranched alkanes of at least 4 members (excludes halogenated alkanes) is 3. The Morgan fingerprint density at radius 2 is 1.00 bits per heavy atom. The molecule has 0 aromatic carbocycles. The second-order valence-corrected chi connectivity index (χ2v) is 10.6. The largest absolute Gasteiger partial charge is 0.176 e. The second kappa shape index (κ2) is 10.6. The third-order valence-corrected chi connectivity index (χ3v) is 8.76. The van der Waals surface area contributed by atoms with Gasteiger partial charge in [0.25, 0.3) is 0 Å². The summed E-state index contributed by atoms with van der Waals surface area (Å²) in [5.74, 6) is 5.41. The van der Waals surface area contributed by atoms with Crippen LogP contribution in [0.25, 0.3) is 0 Å². The van der Waals surface area contributed by atoms with Crippen molar-refractivity contribution in [2.24, 2.45) is 29.6 Å². The number of hydrogen-bond donors (Lipinski definition) is 1. The van der Waals surface area contributed by atoms with Gasteiger partial charge in [-0.2, -0.15) is 12.6 Å². The summed E-state index contributed by atoms with van der Waals surface area (Å²) < 4.78 is 0. The molecular formula is C24H44S. The first-order chi connectivity index (χ1) is 12.3. The van der Waals surface area contributed by atoms with Gasteiger partial charge in [0.2, 0.25) is 0 Å². The zero-order valence-electron chi connectivity index (χ0n) is 16.9. The predicted molar refractivity (Wildman–Crippen MR) is 114 cm³/mol. The van der Waals surface area contributed by atoms with E-state index < -0.39 is 0 Å². The van der Waals surface area contributed by atoms with E-state index in [2.05, 4.69) is 19.6 Å². The van der Waals surface area contributed by atoms with Gasteiger partial charge in [-0.25, -0.2) is 0 Å². The van der Waals surface area contributed by atoms with Gasteiger partial charge in [-0.15, -0.1) is 0 Å². The van der Waals surface area contributed by atoms with Gasteiger partial charge in [-0.3, -0.25) is 0 Å². The summed E-state index contributed by atoms with van der Waals surface area (Å²) in [6, 6.07) is 0. The van der Waals surface area contributed by atoms with E-state index in [1.165, 1.54) is 57.8 Å². The summed E-state index contributed by atoms with van der Waals surface area (Å²) >= 11 is 4.69. The maximum atomic E-state index is 4.69. The molecule has 146 valence electrons. The smallest absolute Gasteiger partial charge is 0.00170 e. The molecule has 3 rings (SSSR count). The van der Waals surface area contributed by atoms with E-state index >= 15 is 0 Å². The standard InChI is InChI=1S/C24H44S/c1-2-3-4-5-6-19-7-9-20(10-8-19)21-11-13-22(14-12-21)23-15-17-24(25)18-16-23/h19-25H,2-18H2,1H3. The summed E-state index contributed by atoms with van der Waals surface area (Å²) in [4.78, 5) is 0. The summed E-state index contributed by atoms with van der Waals surface area (Å²) in [6.07, 6.45) is 25.6. The Labute approximate surface area is 163 Å². The van der Waals surface area contributed by atoms with Crippen LogP contribution in [0.4, 0.5) is 0 Å². The van der Waals surface area contributed by atoms with Crippen LogP contribution in [0.5, 0.6) is 0 Å². The van der Waals surface area contributed by atoms with Gasteiger partial charge < -0.3 is 0 Å². The average Bonchev–Trinajstić information content (AvgIpc) is 2.67. The number of hydrogen-bond acceptors (Lipinski definition) is 1. The van der Waals surface area contributed by atoms with E-state index in [-0.39, 0.29) is 0 Å². The molecule has 3 aliphatic rings. The number of thiol groups is 1. The first-order valence-electron chi connectivity index (χ1n) is 11.9. The van der Waals surface area contributed by atoms with E-state index in [9.17, 15) is 0 Å². The molecule has 25 heavy (non-hydrogen) atoms. The molecule has 0 N–H and O–H groups in total. The molecule has 3 saturated carbocycles. The third kappa shape index (κ3) is 6.18. The van der Waals surface area contributed by atoms with Gasteiger partial charge in [-0.1, -0.05) is 51.9 Å². The van der Waals surface area contributed by atoms with Crippen LogP contribution < -0.4 is 0 Å². The summed E-state index contributed by atoms with van der Waals surface area (Å²) in [5, 5.41) is 0.713. The maximum absolute atomic E-state index is 4.69. The van der Waals surface area contributed by atoms with Crippen molar-refractivity contribution in [1.82, 2.24) is 0 Å². The van der Waals surface area contributed by atoms with Crippen molar-refractivity contribution in [1.29, 1.82) is 0 Å². The average molecular weight is 365 g/mol. The van der Waals surface area contributed by atoms with Gasteiger partial charge in [-0.05, 0) is 93.8 Å². The lowest BCUT2D eigenvalue weighted by molar-refractivity contribution is 0.112. The minimum atomic E-state index is 0.713. The van der Waals surface area contributed by atoms with Gasteiger partial charge in [0.15, 0.2) is 0 Å². The van der Waals surface area contributed by atoms with Crippen LogP contribution >= 0.6 is 12.6 Å². The molecule has 0 aromatic heterocycles. The Balaban J connectivity index is 1.31. The van der Waals surface area contributed by atoms with Crippen LogP contribution in [-0.4, -0.2) is 5.25 Å². The fourth-order valence-corrected chi connectivity index (χ4v) is 6.77. The minimum Gasteiger partial charge on any atom is -0.176 e. The van der Waals surface area contributed by atoms with Crippen molar-refractivity contribution < 1.29 is 0 Å². The lowest BCUT2D eigenvalue weighted by Crippen LogP contribution is -2.29. The molecule has 1 heteroatoms. The maximum Gasteiger partial charge on any atom is 0.00170 e. The van der Waals surface area contributed by atoms with Gasteiger partial charge in [0.05, 0.1) is 0 Å². The highest BCUT2D eigenvalue weighted by atomic mass is 32.1. The number of rotatable bonds is 7. The molecule has 0 amide bonds. The van der Waals surface area contributed by atoms with Crippen molar-refractivity contribution >= 4 is 12.6 Å². The zero-order valence-corrected chi connectivity index (χ0v) is 17.8. The van der Waals surface area contributed by atoms with E-state index in [0.29, 0.717) is 5.25 Å². The van der Waals surface area contributed by atoms with E-state index in [1.54, 1.807) is 51.4 Å². The Morgan fingerprint density at radius 3 is 1.48 bits per heavy atom. The molecule has 0 heterocycles. The van der Waals surface area contributed by atoms with Crippen LogP contribution in [0.3, 0.4) is 0 Å². The fourth-order valence-electron chi connectivity index (χ4n) is 6.47. The second-order valence-electron chi connectivity index (χ2n) is 9.87. The Kier molecular flexibility index (Phi) is 8.54. The molecule has 0 unspecified atom stereocenters. The molecular weight excluding hydrogens is 320 g/mol. The van der Waals surface area contributed by atoms with E-state index in [4.69, 9.17) is 0 Å². The molecule has 0 nitrogen and oxygen atoms in total. The Hall–Kier alpha value is 0.350. The highest BCUT2D eigenvalue weighted by molar-refractivity contribution is 7.80. The van der Waals surface area contributed by atoms with Gasteiger partial charge in [0, 0.05) is 5.25 Å². The van der Waals surface area contributed by atoms with Crippen molar-refractivity contribution in [3.63, 3.8) is 0 Å². The third-order valence-electron chi connectivity index (χ3n) is 8.25. The predicted octanol–water partition coefficient (Wildman–Crippen LogP) is 8.06. The van der Waals surface area contributed by atoms with Crippen LogP contribution in [-0.2, 0) is 0 Å². The van der Waals surface area contributed by atoms with E-state index in [1.807, 2.05) is 0 Å². The highest BCUT2D eigenvalue weighted by Gasteiger charge is 2.34. The van der Waals surface area contributed by atoms with Crippen molar-refractivity contribution in [3.8, 4) is 0 Å². The topological polar surface area (TPSA) is 0 Å². The van der Waals surface area contributed by atoms with Crippen LogP contribution in [0.1, 0.15) is 116 Å². The molecule has 0 saturated heterocycles. The van der Waals surface area contributed by atoms with Crippen molar-refractivity contribution in [3.05, 3.63) is 0 Å². The summed E-state index contributed by atoms with van der Waals surface area (Å²) in [5.41, 5.74) is 0. The Bertz CT molecular complexity index is 341. The fraction of sp³-hybridized carbons (Fsp3) is 1.00. The minimum absolute atomic E-state index is 0.713. The molecule has 0 aliphatic heterocycles. The molecule has 0 radical (unpaired) electrons. The van der Waals surface area contributed by atoms with Crippen molar-refractivity contribution in [2.75, 3.05) is 0 Å². The summed E-state index contributed by atoms with van der Waals surface area (Å²) in [7, 11) is 0. The van der Waals surface area contributed by atoms with E-state index in [0.717, 1.165) is 29.6 Å². The Morgan fingerprint density at radius 1 is 0.560 bits per heavy atom.